The van der Waals surface area contributed by atoms with Crippen LogP contribution < -0.4 is 4.74 Å². The number of thiophene rings is 2. The van der Waals surface area contributed by atoms with E-state index < -0.39 is 58.0 Å². The minimum absolute atomic E-state index is 0.0107. The van der Waals surface area contributed by atoms with Crippen molar-refractivity contribution in [3.05, 3.63) is 66.8 Å². The fourth-order valence-corrected chi connectivity index (χ4v) is 9.82. The van der Waals surface area contributed by atoms with Crippen molar-refractivity contribution in [2.24, 2.45) is 0 Å². The Morgan fingerprint density at radius 1 is 1.02 bits per heavy atom. The van der Waals surface area contributed by atoms with Crippen LogP contribution >= 0.6 is 34.3 Å². The van der Waals surface area contributed by atoms with Crippen LogP contribution in [0.3, 0.4) is 0 Å². The number of alkyl halides is 6. The quantitative estimate of drug-likeness (QED) is 0.192. The van der Waals surface area contributed by atoms with E-state index in [1.54, 1.807) is 4.90 Å². The predicted octanol–water partition coefficient (Wildman–Crippen LogP) is 9.12. The van der Waals surface area contributed by atoms with E-state index in [-0.39, 0.29) is 38.1 Å². The summed E-state index contributed by atoms with van der Waals surface area (Å²) in [5, 5.41) is 1.18. The molecule has 0 spiro atoms. The van der Waals surface area contributed by atoms with Gasteiger partial charge in [0, 0.05) is 42.0 Å². The Kier molecular flexibility index (Phi) is 11.3. The molecule has 51 heavy (non-hydrogen) atoms. The van der Waals surface area contributed by atoms with E-state index in [1.807, 2.05) is 13.0 Å². The smallest absolute Gasteiger partial charge is 0.425 e. The number of likely N-dealkylation sites (tertiary alicyclic amines) is 2. The van der Waals surface area contributed by atoms with Crippen molar-refractivity contribution in [1.29, 1.82) is 0 Å². The second-order valence-electron chi connectivity index (χ2n) is 13.3. The van der Waals surface area contributed by atoms with Crippen molar-refractivity contribution in [3.63, 3.8) is 0 Å². The van der Waals surface area contributed by atoms with Gasteiger partial charge in [-0.05, 0) is 88.3 Å². The number of ether oxygens (including phenoxy) is 1. The maximum Gasteiger partial charge on any atom is 0.425 e. The van der Waals surface area contributed by atoms with Gasteiger partial charge in [0.05, 0.1) is 22.0 Å². The summed E-state index contributed by atoms with van der Waals surface area (Å²) in [5.74, 6) is -1.71. The van der Waals surface area contributed by atoms with Crippen LogP contribution in [0.5, 0.6) is 5.75 Å². The standard InChI is InChI=1S/C35H39ClF6N4O3S2/c1-2-8-27-33(49-22-19-28(50-21-22)35(40,41)42,12-7-17-46(27)31(47)30-24(34(37,38)39)9-5-13-43-30)32(48)45-18-11-26-23(20-29(36)51-26)25(45)10-6-16-44-14-3-4-15-44/h5,9,13,19-21,25,27H,2-4,6-8,10-12,14-18H2,1H3/t25?,27-,33-/m1/s1. The number of halogens is 7. The predicted molar refractivity (Wildman–Crippen MR) is 183 cm³/mol. The summed E-state index contributed by atoms with van der Waals surface area (Å²) in [7, 11) is 0. The third-order valence-corrected chi connectivity index (χ3v) is 12.3. The second-order valence-corrected chi connectivity index (χ2v) is 16.0. The number of pyridine rings is 1. The zero-order valence-corrected chi connectivity index (χ0v) is 30.4. The van der Waals surface area contributed by atoms with Crippen LogP contribution in [-0.2, 0) is 23.6 Å². The highest BCUT2D eigenvalue weighted by molar-refractivity contribution is 7.16. The van der Waals surface area contributed by atoms with E-state index in [1.165, 1.54) is 21.6 Å². The van der Waals surface area contributed by atoms with Gasteiger partial charge in [-0.1, -0.05) is 24.9 Å². The highest BCUT2D eigenvalue weighted by atomic mass is 35.5. The number of hydrogen-bond acceptors (Lipinski definition) is 7. The van der Waals surface area contributed by atoms with Crippen molar-refractivity contribution in [2.45, 2.75) is 94.7 Å². The van der Waals surface area contributed by atoms with E-state index in [0.717, 1.165) is 73.7 Å². The highest BCUT2D eigenvalue weighted by Gasteiger charge is 2.57. The molecule has 2 saturated heterocycles. The summed E-state index contributed by atoms with van der Waals surface area (Å²) >= 11 is 8.36. The van der Waals surface area contributed by atoms with Crippen LogP contribution in [0.25, 0.3) is 0 Å². The Morgan fingerprint density at radius 2 is 1.78 bits per heavy atom. The molecule has 278 valence electrons. The number of rotatable bonds is 10. The third kappa shape index (κ3) is 7.91. The van der Waals surface area contributed by atoms with Crippen molar-refractivity contribution >= 4 is 46.1 Å². The first-order valence-corrected chi connectivity index (χ1v) is 19.3. The van der Waals surface area contributed by atoms with Gasteiger partial charge >= 0.3 is 12.4 Å². The number of hydrogen-bond donors (Lipinski definition) is 0. The van der Waals surface area contributed by atoms with E-state index in [2.05, 4.69) is 9.88 Å². The first kappa shape index (κ1) is 37.9. The fourth-order valence-electron chi connectivity index (χ4n) is 7.82. The molecule has 3 aromatic heterocycles. The maximum absolute atomic E-state index is 15.4. The number of piperidine rings is 1. The summed E-state index contributed by atoms with van der Waals surface area (Å²) in [4.78, 5) is 38.8. The van der Waals surface area contributed by atoms with E-state index in [0.29, 0.717) is 34.9 Å². The van der Waals surface area contributed by atoms with Crippen molar-refractivity contribution < 1.29 is 40.7 Å². The molecule has 0 N–H and O–H groups in total. The molecule has 3 atom stereocenters. The lowest BCUT2D eigenvalue weighted by Gasteiger charge is -2.51. The molecular formula is C35H39ClF6N4O3S2. The zero-order valence-electron chi connectivity index (χ0n) is 28.0. The van der Waals surface area contributed by atoms with Crippen molar-refractivity contribution in [1.82, 2.24) is 19.7 Å². The molecule has 3 aromatic rings. The molecule has 0 radical (unpaired) electrons. The lowest BCUT2D eigenvalue weighted by Crippen LogP contribution is -2.68. The molecule has 1 unspecified atom stereocenters. The van der Waals surface area contributed by atoms with Gasteiger partial charge in [0.25, 0.3) is 11.8 Å². The molecule has 2 fully saturated rings. The van der Waals surface area contributed by atoms with E-state index in [9.17, 15) is 31.1 Å². The van der Waals surface area contributed by atoms with Crippen LogP contribution in [-0.4, -0.2) is 75.9 Å². The second kappa shape index (κ2) is 15.2. The number of amides is 2. The Bertz CT molecular complexity index is 1710. The average molecular weight is 777 g/mol. The SMILES string of the molecule is CCC[C@H]1N(C(=O)c2ncccc2C(F)(F)F)CCC[C@]1(Oc1csc(C(F)(F)F)c1)C(=O)N1CCc2sc(Cl)cc2C1CCCN1CCCC1. The Morgan fingerprint density at radius 3 is 2.47 bits per heavy atom. The first-order valence-electron chi connectivity index (χ1n) is 17.2. The number of carbonyl (C=O) groups excluding carboxylic acids is 2. The topological polar surface area (TPSA) is 66.0 Å². The molecule has 0 aliphatic carbocycles. The molecule has 6 heterocycles. The van der Waals surface area contributed by atoms with Crippen LogP contribution in [0, 0.1) is 0 Å². The summed E-state index contributed by atoms with van der Waals surface area (Å²) < 4.78 is 90.6. The van der Waals surface area contributed by atoms with Crippen molar-refractivity contribution in [2.75, 3.05) is 32.7 Å². The van der Waals surface area contributed by atoms with Gasteiger partial charge in [-0.15, -0.1) is 22.7 Å². The van der Waals surface area contributed by atoms with Gasteiger partial charge in [-0.2, -0.15) is 26.3 Å². The van der Waals surface area contributed by atoms with Crippen LogP contribution in [0.1, 0.15) is 95.7 Å². The zero-order chi connectivity index (χ0) is 36.6. The summed E-state index contributed by atoms with van der Waals surface area (Å²) in [6.07, 6.45) is -3.55. The number of aromatic nitrogens is 1. The largest absolute Gasteiger partial charge is 0.474 e. The lowest BCUT2D eigenvalue weighted by molar-refractivity contribution is -0.162. The van der Waals surface area contributed by atoms with Gasteiger partial charge < -0.3 is 19.4 Å². The number of nitrogens with zero attached hydrogens (tertiary/aromatic N) is 4. The fraction of sp³-hybridized carbons (Fsp3) is 0.571. The summed E-state index contributed by atoms with van der Waals surface area (Å²) in [5.41, 5.74) is -3.00. The van der Waals surface area contributed by atoms with Crippen molar-refractivity contribution in [3.8, 4) is 5.75 Å². The Hall–Kier alpha value is -2.88. The van der Waals surface area contributed by atoms with Gasteiger partial charge in [0.2, 0.25) is 5.60 Å². The molecule has 16 heteroatoms. The highest BCUT2D eigenvalue weighted by Crippen LogP contribution is 2.46. The molecule has 0 bridgehead atoms. The Balaban J connectivity index is 1.42. The van der Waals surface area contributed by atoms with E-state index in [4.69, 9.17) is 16.3 Å². The number of fused-ring (bicyclic) bond motifs is 1. The molecule has 3 aliphatic heterocycles. The van der Waals surface area contributed by atoms with Crippen LogP contribution in [0.4, 0.5) is 26.3 Å². The van der Waals surface area contributed by atoms with Gasteiger partial charge in [-0.3, -0.25) is 14.6 Å². The molecule has 0 aromatic carbocycles. The molecule has 2 amide bonds. The van der Waals surface area contributed by atoms with Crippen LogP contribution in [0.15, 0.2) is 35.8 Å². The lowest BCUT2D eigenvalue weighted by atomic mass is 9.79. The van der Waals surface area contributed by atoms with E-state index >= 15 is 4.79 Å². The third-order valence-electron chi connectivity index (χ3n) is 10.1. The first-order chi connectivity index (χ1) is 24.2. The Labute approximate surface area is 305 Å². The average Bonchev–Trinajstić information content (AvgIpc) is 3.86. The summed E-state index contributed by atoms with van der Waals surface area (Å²) in [6.45, 7) is 4.96. The molecule has 3 aliphatic rings. The van der Waals surface area contributed by atoms with Gasteiger partial charge in [0.15, 0.2) is 0 Å². The maximum atomic E-state index is 15.4. The minimum atomic E-state index is -4.88. The minimum Gasteiger partial charge on any atom is -0.474 e. The van der Waals surface area contributed by atoms with Gasteiger partial charge in [0.1, 0.15) is 16.3 Å². The molecule has 6 rings (SSSR count). The normalized spacial score (nSPS) is 23.1. The summed E-state index contributed by atoms with van der Waals surface area (Å²) in [6, 6.07) is 3.06. The number of carbonyl (C=O) groups is 2. The molecule has 0 saturated carbocycles. The van der Waals surface area contributed by atoms with Crippen LogP contribution in [0.2, 0.25) is 4.34 Å². The molecule has 7 nitrogen and oxygen atoms in total. The monoisotopic (exact) mass is 776 g/mol. The van der Waals surface area contributed by atoms with Gasteiger partial charge in [-0.25, -0.2) is 0 Å². The molecular weight excluding hydrogens is 738 g/mol.